The largest absolute Gasteiger partial charge is 0.462 e. The average Bonchev–Trinajstić information content (AvgIpc) is 3.01. The Morgan fingerprint density at radius 2 is 2.03 bits per heavy atom. The first-order chi connectivity index (χ1) is 16.8. The molecular weight excluding hydrogens is 514 g/mol. The molecular formula is C22H30FN4O7PS. The summed E-state index contributed by atoms with van der Waals surface area (Å²) in [6, 6.07) is 8.47. The van der Waals surface area contributed by atoms with Crippen molar-refractivity contribution in [3.63, 3.8) is 0 Å². The van der Waals surface area contributed by atoms with Gasteiger partial charge in [0.15, 0.2) is 11.9 Å². The van der Waals surface area contributed by atoms with Gasteiger partial charge in [0.1, 0.15) is 29.8 Å². The Kier molecular flexibility index (Phi) is 8.86. The summed E-state index contributed by atoms with van der Waals surface area (Å²) in [7, 11) is -4.24. The van der Waals surface area contributed by atoms with E-state index in [1.54, 1.807) is 44.2 Å². The van der Waals surface area contributed by atoms with Crippen molar-refractivity contribution in [2.24, 2.45) is 0 Å². The molecule has 2 aromatic rings. The van der Waals surface area contributed by atoms with E-state index in [4.69, 9.17) is 36.5 Å². The van der Waals surface area contributed by atoms with Crippen LogP contribution in [0.3, 0.4) is 0 Å². The fraction of sp³-hybridized carbons (Fsp3) is 0.500. The number of nitrogens with one attached hydrogen (secondary N) is 1. The number of nitrogen functional groups attached to an aromatic ring is 1. The molecule has 1 aromatic heterocycles. The summed E-state index contributed by atoms with van der Waals surface area (Å²) >= 11 is 5.15. The first kappa shape index (κ1) is 28.2. The Labute approximate surface area is 213 Å². The zero-order valence-corrected chi connectivity index (χ0v) is 21.9. The third-order valence-electron chi connectivity index (χ3n) is 5.26. The Morgan fingerprint density at radius 1 is 1.36 bits per heavy atom. The molecule has 198 valence electrons. The molecule has 0 spiro atoms. The van der Waals surface area contributed by atoms with Gasteiger partial charge in [-0.1, -0.05) is 18.2 Å². The van der Waals surface area contributed by atoms with Gasteiger partial charge in [-0.3, -0.25) is 13.9 Å². The van der Waals surface area contributed by atoms with Crippen LogP contribution in [0.4, 0.5) is 10.2 Å². The standard InChI is InChI=1S/C22H30FN4O7PS/c1-13(2)32-19(29)14(3)26-35(30,34-15-8-6-5-7-9-15)31-12-16-18(28)22(4,23)20(33-16)27-11-10-17(24)25-21(27)36/h5-11,13-14,16,18,20,28H,12H2,1-4H3,(H,26,30)(H2,24,25,36). The minimum atomic E-state index is -4.24. The molecule has 11 nitrogen and oxygen atoms in total. The second-order valence-corrected chi connectivity index (χ2v) is 10.8. The van der Waals surface area contributed by atoms with Crippen molar-refractivity contribution in [3.8, 4) is 5.75 Å². The number of aliphatic hydroxyl groups is 1. The smallest absolute Gasteiger partial charge is 0.459 e. The third kappa shape index (κ3) is 6.67. The molecule has 1 aromatic carbocycles. The lowest BCUT2D eigenvalue weighted by atomic mass is 9.98. The SMILES string of the molecule is CC(C)OC(=O)C(C)NP(=O)(OCC1OC(n2ccc(N)nc2=S)C(C)(F)C1O)Oc1ccccc1. The van der Waals surface area contributed by atoms with E-state index in [0.717, 1.165) is 6.92 Å². The summed E-state index contributed by atoms with van der Waals surface area (Å²) in [5, 5.41) is 13.2. The van der Waals surface area contributed by atoms with E-state index in [2.05, 4.69) is 10.1 Å². The molecule has 1 aliphatic heterocycles. The van der Waals surface area contributed by atoms with E-state index in [1.165, 1.54) is 23.8 Å². The number of para-hydroxylation sites is 1. The number of nitrogens with two attached hydrogens (primary N) is 1. The quantitative estimate of drug-likeness (QED) is 0.230. The summed E-state index contributed by atoms with van der Waals surface area (Å²) in [5.41, 5.74) is 3.31. The number of carbonyl (C=O) groups is 1. The summed E-state index contributed by atoms with van der Waals surface area (Å²) in [6.45, 7) is 5.37. The first-order valence-electron chi connectivity index (χ1n) is 11.2. The number of benzene rings is 1. The molecule has 36 heavy (non-hydrogen) atoms. The van der Waals surface area contributed by atoms with Crippen LogP contribution in [0.2, 0.25) is 0 Å². The fourth-order valence-corrected chi connectivity index (χ4v) is 5.22. The van der Waals surface area contributed by atoms with Gasteiger partial charge in [0.2, 0.25) is 4.77 Å². The van der Waals surface area contributed by atoms with E-state index in [0.29, 0.717) is 0 Å². The van der Waals surface area contributed by atoms with Gasteiger partial charge < -0.3 is 24.8 Å². The summed E-state index contributed by atoms with van der Waals surface area (Å²) in [6.07, 6.45) is -3.31. The van der Waals surface area contributed by atoms with Gasteiger partial charge in [-0.05, 0) is 58.1 Å². The van der Waals surface area contributed by atoms with Gasteiger partial charge in [0.05, 0.1) is 12.7 Å². The third-order valence-corrected chi connectivity index (χ3v) is 7.20. The van der Waals surface area contributed by atoms with E-state index in [9.17, 15) is 14.5 Å². The zero-order valence-electron chi connectivity index (χ0n) is 20.2. The van der Waals surface area contributed by atoms with Crippen LogP contribution >= 0.6 is 20.0 Å². The molecule has 0 aliphatic carbocycles. The summed E-state index contributed by atoms with van der Waals surface area (Å²) < 4.78 is 52.3. The molecule has 0 saturated carbocycles. The van der Waals surface area contributed by atoms with Crippen LogP contribution in [0.25, 0.3) is 0 Å². The van der Waals surface area contributed by atoms with Gasteiger partial charge >= 0.3 is 13.7 Å². The average molecular weight is 545 g/mol. The molecule has 1 aliphatic rings. The first-order valence-corrected chi connectivity index (χ1v) is 13.1. The number of carbonyl (C=O) groups excluding carboxylic acids is 1. The Morgan fingerprint density at radius 3 is 2.64 bits per heavy atom. The number of hydrogen-bond donors (Lipinski definition) is 3. The topological polar surface area (TPSA) is 147 Å². The lowest BCUT2D eigenvalue weighted by Gasteiger charge is -2.25. The molecule has 6 atom stereocenters. The number of anilines is 1. The van der Waals surface area contributed by atoms with Crippen LogP contribution < -0.4 is 15.3 Å². The van der Waals surface area contributed by atoms with Gasteiger partial charge in [-0.2, -0.15) is 5.09 Å². The summed E-state index contributed by atoms with van der Waals surface area (Å²) in [5.74, 6) is -0.340. The van der Waals surface area contributed by atoms with Gasteiger partial charge in [0.25, 0.3) is 0 Å². The second kappa shape index (κ2) is 11.3. The molecule has 14 heteroatoms. The lowest BCUT2D eigenvalue weighted by Crippen LogP contribution is -2.41. The van der Waals surface area contributed by atoms with Crippen molar-refractivity contribution >= 4 is 31.8 Å². The Hall–Kier alpha value is -2.41. The minimum Gasteiger partial charge on any atom is -0.462 e. The van der Waals surface area contributed by atoms with Crippen LogP contribution in [-0.2, 0) is 23.4 Å². The van der Waals surface area contributed by atoms with E-state index in [1.807, 2.05) is 0 Å². The van der Waals surface area contributed by atoms with E-state index < -0.39 is 56.6 Å². The molecule has 2 heterocycles. The van der Waals surface area contributed by atoms with Crippen LogP contribution in [0.1, 0.15) is 33.9 Å². The number of aliphatic hydroxyl groups excluding tert-OH is 1. The zero-order chi connectivity index (χ0) is 26.7. The number of aromatic nitrogens is 2. The maximum atomic E-state index is 15.6. The maximum Gasteiger partial charge on any atom is 0.459 e. The van der Waals surface area contributed by atoms with Crippen LogP contribution in [-0.4, -0.2) is 57.3 Å². The van der Waals surface area contributed by atoms with Crippen LogP contribution in [0.15, 0.2) is 42.6 Å². The van der Waals surface area contributed by atoms with E-state index in [-0.39, 0.29) is 16.3 Å². The van der Waals surface area contributed by atoms with Crippen molar-refractivity contribution in [2.75, 3.05) is 12.3 Å². The number of alkyl halides is 1. The van der Waals surface area contributed by atoms with Crippen molar-refractivity contribution in [2.45, 2.75) is 63.9 Å². The lowest BCUT2D eigenvalue weighted by molar-refractivity contribution is -0.149. The Bertz CT molecular complexity index is 1170. The van der Waals surface area contributed by atoms with Gasteiger partial charge in [-0.15, -0.1) is 0 Å². The number of ether oxygens (including phenoxy) is 2. The minimum absolute atomic E-state index is 0.0464. The monoisotopic (exact) mass is 544 g/mol. The number of nitrogens with zero attached hydrogens (tertiary/aromatic N) is 2. The van der Waals surface area contributed by atoms with Crippen molar-refractivity contribution in [3.05, 3.63) is 47.4 Å². The van der Waals surface area contributed by atoms with Gasteiger partial charge in [-0.25, -0.2) is 13.9 Å². The van der Waals surface area contributed by atoms with Crippen molar-refractivity contribution in [1.29, 1.82) is 0 Å². The van der Waals surface area contributed by atoms with E-state index >= 15 is 4.39 Å². The predicted molar refractivity (Wildman–Crippen MR) is 131 cm³/mol. The highest BCUT2D eigenvalue weighted by molar-refractivity contribution is 7.71. The molecule has 0 bridgehead atoms. The highest BCUT2D eigenvalue weighted by Crippen LogP contribution is 2.47. The predicted octanol–water partition coefficient (Wildman–Crippen LogP) is 3.31. The fourth-order valence-electron chi connectivity index (χ4n) is 3.46. The highest BCUT2D eigenvalue weighted by atomic mass is 32.1. The molecule has 1 saturated heterocycles. The number of esters is 1. The second-order valence-electron chi connectivity index (χ2n) is 8.70. The molecule has 3 rings (SSSR count). The number of rotatable bonds is 10. The highest BCUT2D eigenvalue weighted by Gasteiger charge is 2.55. The number of hydrogen-bond acceptors (Lipinski definition) is 10. The normalized spacial score (nSPS) is 26.4. The maximum absolute atomic E-state index is 15.6. The molecule has 4 N–H and O–H groups in total. The molecule has 0 amide bonds. The summed E-state index contributed by atoms with van der Waals surface area (Å²) in [4.78, 5) is 16.2. The molecule has 0 radical (unpaired) electrons. The van der Waals surface area contributed by atoms with Crippen molar-refractivity contribution in [1.82, 2.24) is 14.6 Å². The molecule has 1 fully saturated rings. The Balaban J connectivity index is 1.79. The molecule has 6 unspecified atom stereocenters. The van der Waals surface area contributed by atoms with Gasteiger partial charge in [0, 0.05) is 6.20 Å². The number of halogens is 1. The van der Waals surface area contributed by atoms with Crippen LogP contribution in [0.5, 0.6) is 5.75 Å². The van der Waals surface area contributed by atoms with Crippen molar-refractivity contribution < 1.29 is 37.4 Å². The van der Waals surface area contributed by atoms with Crippen LogP contribution in [0, 0.1) is 4.77 Å².